The third-order valence-electron chi connectivity index (χ3n) is 2.89. The highest BCUT2D eigenvalue weighted by Gasteiger charge is 2.12. The van der Waals surface area contributed by atoms with E-state index in [9.17, 15) is 0 Å². The first-order valence-corrected chi connectivity index (χ1v) is 5.72. The number of anilines is 1. The first-order chi connectivity index (χ1) is 8.31. The molecule has 0 bridgehead atoms. The van der Waals surface area contributed by atoms with Crippen LogP contribution >= 0.6 is 0 Å². The molecule has 0 aromatic carbocycles. The average Bonchev–Trinajstić information content (AvgIpc) is 2.71. The van der Waals surface area contributed by atoms with E-state index in [1.165, 1.54) is 0 Å². The monoisotopic (exact) mass is 233 g/mol. The van der Waals surface area contributed by atoms with Gasteiger partial charge in [-0.15, -0.1) is 0 Å². The van der Waals surface area contributed by atoms with Crippen molar-refractivity contribution in [3.8, 4) is 0 Å². The summed E-state index contributed by atoms with van der Waals surface area (Å²) in [5.41, 5.74) is 7.46. The molecule has 1 saturated heterocycles. The van der Waals surface area contributed by atoms with Gasteiger partial charge in [-0.2, -0.15) is 5.10 Å². The molecular formula is C11H15N5O. The Labute approximate surface area is 99.0 Å². The second kappa shape index (κ2) is 4.31. The van der Waals surface area contributed by atoms with E-state index in [1.54, 1.807) is 10.6 Å². The van der Waals surface area contributed by atoms with E-state index >= 15 is 0 Å². The summed E-state index contributed by atoms with van der Waals surface area (Å²) in [7, 11) is 0. The van der Waals surface area contributed by atoms with Gasteiger partial charge in [-0.25, -0.2) is 9.50 Å². The Morgan fingerprint density at radius 3 is 3.00 bits per heavy atom. The zero-order valence-corrected chi connectivity index (χ0v) is 9.54. The quantitative estimate of drug-likeness (QED) is 0.799. The molecule has 0 saturated carbocycles. The number of nitrogens with two attached hydrogens (primary N) is 1. The van der Waals surface area contributed by atoms with E-state index in [2.05, 4.69) is 15.0 Å². The minimum Gasteiger partial charge on any atom is -0.384 e. The van der Waals surface area contributed by atoms with Crippen LogP contribution in [0.5, 0.6) is 0 Å². The van der Waals surface area contributed by atoms with Gasteiger partial charge in [-0.05, 0) is 6.07 Å². The summed E-state index contributed by atoms with van der Waals surface area (Å²) in [5, 5.41) is 4.46. The van der Waals surface area contributed by atoms with Crippen molar-refractivity contribution in [3.63, 3.8) is 0 Å². The molecule has 0 spiro atoms. The molecule has 3 rings (SSSR count). The fourth-order valence-electron chi connectivity index (χ4n) is 2.01. The van der Waals surface area contributed by atoms with Gasteiger partial charge in [0.25, 0.3) is 0 Å². The molecule has 1 fully saturated rings. The summed E-state index contributed by atoms with van der Waals surface area (Å²) in [6.45, 7) is 4.37. The van der Waals surface area contributed by atoms with Gasteiger partial charge >= 0.3 is 0 Å². The van der Waals surface area contributed by atoms with Gasteiger partial charge < -0.3 is 10.5 Å². The molecule has 6 nitrogen and oxygen atoms in total. The lowest BCUT2D eigenvalue weighted by atomic mass is 10.3. The molecule has 17 heavy (non-hydrogen) atoms. The summed E-state index contributed by atoms with van der Waals surface area (Å²) in [5.74, 6) is 0.523. The van der Waals surface area contributed by atoms with Crippen molar-refractivity contribution < 1.29 is 4.74 Å². The number of morpholine rings is 1. The van der Waals surface area contributed by atoms with Crippen LogP contribution in [0.3, 0.4) is 0 Å². The maximum absolute atomic E-state index is 5.64. The Morgan fingerprint density at radius 1 is 1.35 bits per heavy atom. The highest BCUT2D eigenvalue weighted by molar-refractivity contribution is 5.44. The molecule has 2 N–H and O–H groups in total. The number of ether oxygens (including phenoxy) is 1. The van der Waals surface area contributed by atoms with Crippen molar-refractivity contribution >= 4 is 11.5 Å². The average molecular weight is 233 g/mol. The number of fused-ring (bicyclic) bond motifs is 1. The highest BCUT2D eigenvalue weighted by atomic mass is 16.5. The second-order valence-corrected chi connectivity index (χ2v) is 4.18. The van der Waals surface area contributed by atoms with Crippen molar-refractivity contribution in [1.29, 1.82) is 0 Å². The van der Waals surface area contributed by atoms with Crippen LogP contribution in [0.2, 0.25) is 0 Å². The van der Waals surface area contributed by atoms with Gasteiger partial charge in [0, 0.05) is 31.9 Å². The maximum atomic E-state index is 5.64. The van der Waals surface area contributed by atoms with Crippen LogP contribution in [0.4, 0.5) is 5.82 Å². The highest BCUT2D eigenvalue weighted by Crippen LogP contribution is 2.09. The SMILES string of the molecule is Nc1ccn2nc(CN3CCOCC3)cc2n1. The van der Waals surface area contributed by atoms with E-state index in [4.69, 9.17) is 10.5 Å². The zero-order valence-electron chi connectivity index (χ0n) is 9.54. The molecule has 0 atom stereocenters. The number of rotatable bonds is 2. The topological polar surface area (TPSA) is 68.7 Å². The van der Waals surface area contributed by atoms with Crippen LogP contribution in [0.1, 0.15) is 5.69 Å². The van der Waals surface area contributed by atoms with Crippen molar-refractivity contribution in [1.82, 2.24) is 19.5 Å². The van der Waals surface area contributed by atoms with E-state index in [0.29, 0.717) is 5.82 Å². The Bertz CT molecular complexity index is 518. The number of aromatic nitrogens is 3. The molecule has 0 unspecified atom stereocenters. The van der Waals surface area contributed by atoms with E-state index < -0.39 is 0 Å². The summed E-state index contributed by atoms with van der Waals surface area (Å²) in [6, 6.07) is 3.73. The summed E-state index contributed by atoms with van der Waals surface area (Å²) in [4.78, 5) is 6.55. The van der Waals surface area contributed by atoms with Crippen LogP contribution < -0.4 is 5.73 Å². The van der Waals surface area contributed by atoms with Gasteiger partial charge in [-0.3, -0.25) is 4.90 Å². The van der Waals surface area contributed by atoms with Crippen LogP contribution in [-0.2, 0) is 11.3 Å². The zero-order chi connectivity index (χ0) is 11.7. The predicted octanol–water partition coefficient (Wildman–Crippen LogP) is 0.144. The van der Waals surface area contributed by atoms with Gasteiger partial charge in [0.1, 0.15) is 5.82 Å². The Morgan fingerprint density at radius 2 is 2.18 bits per heavy atom. The van der Waals surface area contributed by atoms with Crippen molar-refractivity contribution in [3.05, 3.63) is 24.0 Å². The molecule has 0 radical (unpaired) electrons. The van der Waals surface area contributed by atoms with Crippen molar-refractivity contribution in [2.45, 2.75) is 6.54 Å². The van der Waals surface area contributed by atoms with Crippen LogP contribution in [0.25, 0.3) is 5.65 Å². The molecule has 2 aromatic heterocycles. The van der Waals surface area contributed by atoms with E-state index in [-0.39, 0.29) is 0 Å². The molecule has 1 aliphatic rings. The van der Waals surface area contributed by atoms with Gasteiger partial charge in [-0.1, -0.05) is 0 Å². The minimum absolute atomic E-state index is 0.523. The summed E-state index contributed by atoms with van der Waals surface area (Å²) < 4.78 is 7.07. The lowest BCUT2D eigenvalue weighted by Gasteiger charge is -2.25. The fraction of sp³-hybridized carbons (Fsp3) is 0.455. The maximum Gasteiger partial charge on any atom is 0.157 e. The number of hydrogen-bond acceptors (Lipinski definition) is 5. The predicted molar refractivity (Wildman–Crippen MR) is 63.5 cm³/mol. The first kappa shape index (κ1) is 10.5. The Balaban J connectivity index is 1.80. The second-order valence-electron chi connectivity index (χ2n) is 4.18. The molecule has 90 valence electrons. The first-order valence-electron chi connectivity index (χ1n) is 5.72. The third-order valence-corrected chi connectivity index (χ3v) is 2.89. The van der Waals surface area contributed by atoms with Crippen molar-refractivity contribution in [2.75, 3.05) is 32.0 Å². The van der Waals surface area contributed by atoms with E-state index in [0.717, 1.165) is 44.2 Å². The fourth-order valence-corrected chi connectivity index (χ4v) is 2.01. The van der Waals surface area contributed by atoms with Crippen molar-refractivity contribution in [2.24, 2.45) is 0 Å². The van der Waals surface area contributed by atoms with Gasteiger partial charge in [0.05, 0.1) is 18.9 Å². The molecule has 0 aliphatic carbocycles. The minimum atomic E-state index is 0.523. The molecular weight excluding hydrogens is 218 g/mol. The Kier molecular flexibility index (Phi) is 2.66. The smallest absolute Gasteiger partial charge is 0.157 e. The lowest BCUT2D eigenvalue weighted by molar-refractivity contribution is 0.0336. The third kappa shape index (κ3) is 2.22. The molecule has 6 heteroatoms. The van der Waals surface area contributed by atoms with Gasteiger partial charge in [0.15, 0.2) is 5.65 Å². The number of nitrogen functional groups attached to an aromatic ring is 1. The summed E-state index contributed by atoms with van der Waals surface area (Å²) >= 11 is 0. The summed E-state index contributed by atoms with van der Waals surface area (Å²) in [6.07, 6.45) is 1.83. The van der Waals surface area contributed by atoms with Gasteiger partial charge in [0.2, 0.25) is 0 Å². The normalized spacial score (nSPS) is 17.6. The lowest BCUT2D eigenvalue weighted by Crippen LogP contribution is -2.35. The number of hydrogen-bond donors (Lipinski definition) is 1. The van der Waals surface area contributed by atoms with E-state index in [1.807, 2.05) is 12.3 Å². The Hall–Kier alpha value is -1.66. The molecule has 3 heterocycles. The van der Waals surface area contributed by atoms with Crippen LogP contribution in [-0.4, -0.2) is 45.8 Å². The molecule has 0 amide bonds. The standard InChI is InChI=1S/C11H15N5O/c12-10-1-2-16-11(13-10)7-9(14-16)8-15-3-5-17-6-4-15/h1-2,7H,3-6,8H2,(H2,12,13). The molecule has 2 aromatic rings. The van der Waals surface area contributed by atoms with Crippen LogP contribution in [0.15, 0.2) is 18.3 Å². The number of nitrogens with zero attached hydrogens (tertiary/aromatic N) is 4. The largest absolute Gasteiger partial charge is 0.384 e. The molecule has 1 aliphatic heterocycles. The van der Waals surface area contributed by atoms with Crippen LogP contribution in [0, 0.1) is 0 Å².